The third-order valence-electron chi connectivity index (χ3n) is 4.38. The topological polar surface area (TPSA) is 57.8 Å². The number of carbonyl (C=O) groups excluding carboxylic acids is 1. The minimum Gasteiger partial charge on any atom is -0.349 e. The minimum atomic E-state index is 0.0182. The van der Waals surface area contributed by atoms with Crippen LogP contribution in [0, 0.1) is 25.7 Å². The van der Waals surface area contributed by atoms with E-state index < -0.39 is 0 Å². The Morgan fingerprint density at radius 1 is 1.33 bits per heavy atom. The summed E-state index contributed by atoms with van der Waals surface area (Å²) in [6.45, 7) is 8.27. The lowest BCUT2D eigenvalue weighted by molar-refractivity contribution is 0.0890. The number of aromatic nitrogens is 2. The molecule has 1 aliphatic rings. The predicted octanol–water partition coefficient (Wildman–Crippen LogP) is 2.58. The van der Waals surface area contributed by atoms with Crippen molar-refractivity contribution in [3.8, 4) is 0 Å². The summed E-state index contributed by atoms with van der Waals surface area (Å²) in [6, 6.07) is 0.301. The van der Waals surface area contributed by atoms with Gasteiger partial charge in [0.2, 0.25) is 0 Å². The molecule has 0 radical (unpaired) electrons. The maximum Gasteiger partial charge on any atom is 0.255 e. The van der Waals surface area contributed by atoms with Crippen molar-refractivity contribution in [2.24, 2.45) is 11.8 Å². The molecule has 18 heavy (non-hydrogen) atoms. The smallest absolute Gasteiger partial charge is 0.255 e. The van der Waals surface area contributed by atoms with Gasteiger partial charge in [0.25, 0.3) is 5.91 Å². The van der Waals surface area contributed by atoms with Crippen LogP contribution in [0.2, 0.25) is 0 Å². The van der Waals surface area contributed by atoms with Gasteiger partial charge >= 0.3 is 0 Å². The number of nitrogens with zero attached hydrogens (tertiary/aromatic N) is 1. The molecule has 1 amide bonds. The molecule has 0 bridgehead atoms. The summed E-state index contributed by atoms with van der Waals surface area (Å²) in [7, 11) is 0. The zero-order valence-corrected chi connectivity index (χ0v) is 11.7. The highest BCUT2D eigenvalue weighted by Gasteiger charge is 2.29. The summed E-state index contributed by atoms with van der Waals surface area (Å²) in [5.41, 5.74) is 2.34. The first kappa shape index (κ1) is 13.1. The Labute approximate surface area is 109 Å². The Balaban J connectivity index is 2.08. The number of nitrogens with one attached hydrogen (secondary N) is 2. The van der Waals surface area contributed by atoms with Crippen LogP contribution in [0.3, 0.4) is 0 Å². The maximum atomic E-state index is 12.3. The fourth-order valence-electron chi connectivity index (χ4n) is 2.91. The molecule has 100 valence electrons. The molecule has 4 nitrogen and oxygen atoms in total. The van der Waals surface area contributed by atoms with Gasteiger partial charge in [-0.1, -0.05) is 26.7 Å². The van der Waals surface area contributed by atoms with E-state index in [1.165, 1.54) is 12.8 Å². The maximum absolute atomic E-state index is 12.3. The van der Waals surface area contributed by atoms with Gasteiger partial charge in [-0.25, -0.2) is 0 Å². The third-order valence-corrected chi connectivity index (χ3v) is 4.38. The molecular weight excluding hydrogens is 226 g/mol. The molecule has 1 aliphatic carbocycles. The lowest BCUT2D eigenvalue weighted by Gasteiger charge is -2.34. The quantitative estimate of drug-likeness (QED) is 0.846. The molecular formula is C14H23N3O. The van der Waals surface area contributed by atoms with Gasteiger partial charge in [0.05, 0.1) is 11.3 Å². The number of rotatable bonds is 2. The molecule has 2 N–H and O–H groups in total. The van der Waals surface area contributed by atoms with E-state index in [1.54, 1.807) is 0 Å². The van der Waals surface area contributed by atoms with Crippen LogP contribution in [0.1, 0.15) is 54.9 Å². The van der Waals surface area contributed by atoms with E-state index in [1.807, 2.05) is 13.8 Å². The van der Waals surface area contributed by atoms with Crippen LogP contribution in [0.25, 0.3) is 0 Å². The van der Waals surface area contributed by atoms with Crippen molar-refractivity contribution in [1.82, 2.24) is 15.5 Å². The summed E-state index contributed by atoms with van der Waals surface area (Å²) < 4.78 is 0. The number of aromatic amines is 1. The van der Waals surface area contributed by atoms with Crippen molar-refractivity contribution in [3.05, 3.63) is 17.0 Å². The van der Waals surface area contributed by atoms with Crippen LogP contribution in [0.4, 0.5) is 0 Å². The zero-order valence-electron chi connectivity index (χ0n) is 11.7. The molecule has 0 aliphatic heterocycles. The second kappa shape index (κ2) is 5.12. The normalized spacial score (nSPS) is 28.1. The summed E-state index contributed by atoms with van der Waals surface area (Å²) >= 11 is 0. The summed E-state index contributed by atoms with van der Waals surface area (Å²) in [6.07, 6.45) is 3.57. The SMILES string of the molecule is Cc1n[nH]c(C)c1C(=O)NC1CCCC(C)C1C. The first-order valence-corrected chi connectivity index (χ1v) is 6.83. The van der Waals surface area contributed by atoms with E-state index in [4.69, 9.17) is 0 Å². The summed E-state index contributed by atoms with van der Waals surface area (Å²) in [5, 5.41) is 10.1. The molecule has 1 aromatic heterocycles. The molecule has 2 rings (SSSR count). The van der Waals surface area contributed by atoms with Crippen molar-refractivity contribution < 1.29 is 4.79 Å². The zero-order chi connectivity index (χ0) is 13.3. The number of hydrogen-bond donors (Lipinski definition) is 2. The molecule has 1 fully saturated rings. The number of aryl methyl sites for hydroxylation is 2. The van der Waals surface area contributed by atoms with Crippen LogP contribution < -0.4 is 5.32 Å². The van der Waals surface area contributed by atoms with Gasteiger partial charge < -0.3 is 5.32 Å². The van der Waals surface area contributed by atoms with E-state index in [2.05, 4.69) is 29.4 Å². The van der Waals surface area contributed by atoms with Gasteiger partial charge in [0, 0.05) is 11.7 Å². The standard InChI is InChI=1S/C14H23N3O/c1-8-6-5-7-12(9(8)2)15-14(18)13-10(3)16-17-11(13)4/h8-9,12H,5-7H2,1-4H3,(H,15,18)(H,16,17). The fraction of sp³-hybridized carbons (Fsp3) is 0.714. The van der Waals surface area contributed by atoms with Gasteiger partial charge in [0.1, 0.15) is 0 Å². The second-order valence-corrected chi connectivity index (χ2v) is 5.66. The number of hydrogen-bond acceptors (Lipinski definition) is 2. The monoisotopic (exact) mass is 249 g/mol. The highest BCUT2D eigenvalue weighted by atomic mass is 16.1. The van der Waals surface area contributed by atoms with E-state index in [0.29, 0.717) is 23.4 Å². The lowest BCUT2D eigenvalue weighted by Crippen LogP contribution is -2.43. The minimum absolute atomic E-state index is 0.0182. The van der Waals surface area contributed by atoms with Crippen molar-refractivity contribution in [1.29, 1.82) is 0 Å². The number of H-pyrrole nitrogens is 1. The lowest BCUT2D eigenvalue weighted by atomic mass is 9.78. The number of carbonyl (C=O) groups is 1. The van der Waals surface area contributed by atoms with Crippen LogP contribution in [-0.2, 0) is 0 Å². The van der Waals surface area contributed by atoms with Crippen molar-refractivity contribution in [2.45, 2.75) is 53.0 Å². The molecule has 0 aromatic carbocycles. The molecule has 1 aromatic rings. The van der Waals surface area contributed by atoms with E-state index in [-0.39, 0.29) is 5.91 Å². The Bertz CT molecular complexity index is 419. The average molecular weight is 249 g/mol. The Kier molecular flexibility index (Phi) is 3.73. The number of amides is 1. The average Bonchev–Trinajstić information content (AvgIpc) is 2.65. The van der Waals surface area contributed by atoms with E-state index in [9.17, 15) is 4.79 Å². The first-order chi connectivity index (χ1) is 8.50. The van der Waals surface area contributed by atoms with Gasteiger partial charge in [-0.15, -0.1) is 0 Å². The van der Waals surface area contributed by atoms with Crippen molar-refractivity contribution >= 4 is 5.91 Å². The van der Waals surface area contributed by atoms with Crippen LogP contribution in [-0.4, -0.2) is 22.1 Å². The summed E-state index contributed by atoms with van der Waals surface area (Å²) in [4.78, 5) is 12.3. The van der Waals surface area contributed by atoms with Crippen LogP contribution in [0.5, 0.6) is 0 Å². The largest absolute Gasteiger partial charge is 0.349 e. The molecule has 1 saturated carbocycles. The highest BCUT2D eigenvalue weighted by molar-refractivity contribution is 5.96. The molecule has 0 spiro atoms. The van der Waals surface area contributed by atoms with Crippen LogP contribution >= 0.6 is 0 Å². The molecule has 3 atom stereocenters. The molecule has 4 heteroatoms. The Morgan fingerprint density at radius 3 is 2.67 bits per heavy atom. The molecule has 3 unspecified atom stereocenters. The van der Waals surface area contributed by atoms with Crippen LogP contribution in [0.15, 0.2) is 0 Å². The van der Waals surface area contributed by atoms with Crippen molar-refractivity contribution in [3.63, 3.8) is 0 Å². The van der Waals surface area contributed by atoms with Gasteiger partial charge in [-0.3, -0.25) is 9.89 Å². The molecule has 1 heterocycles. The Morgan fingerprint density at radius 2 is 2.06 bits per heavy atom. The van der Waals surface area contributed by atoms with E-state index >= 15 is 0 Å². The Hall–Kier alpha value is -1.32. The van der Waals surface area contributed by atoms with Gasteiger partial charge in [-0.05, 0) is 32.1 Å². The second-order valence-electron chi connectivity index (χ2n) is 5.66. The third kappa shape index (κ3) is 2.42. The molecule has 0 saturated heterocycles. The van der Waals surface area contributed by atoms with E-state index in [0.717, 1.165) is 17.8 Å². The van der Waals surface area contributed by atoms with Gasteiger partial charge in [-0.2, -0.15) is 5.10 Å². The van der Waals surface area contributed by atoms with Crippen molar-refractivity contribution in [2.75, 3.05) is 0 Å². The summed E-state index contributed by atoms with van der Waals surface area (Å²) in [5.74, 6) is 1.26. The fourth-order valence-corrected chi connectivity index (χ4v) is 2.91. The first-order valence-electron chi connectivity index (χ1n) is 6.83. The highest BCUT2D eigenvalue weighted by Crippen LogP contribution is 2.29. The predicted molar refractivity (Wildman–Crippen MR) is 71.5 cm³/mol. The van der Waals surface area contributed by atoms with Gasteiger partial charge in [0.15, 0.2) is 0 Å².